The lowest BCUT2D eigenvalue weighted by molar-refractivity contribution is 0.392. The van der Waals surface area contributed by atoms with Crippen molar-refractivity contribution in [2.75, 3.05) is 37.9 Å². The fourth-order valence-corrected chi connectivity index (χ4v) is 6.87. The Morgan fingerprint density at radius 1 is 0.523 bits per heavy atom. The SMILES string of the molecule is COc1ccc(OC)c(S(=O)(=O)Nc2cccc(Cl)c2Cl)c1.COc1ccc(OC)c(S(=O)(=O)Nc2cccc(Cl)c2Cl)c1. The highest BCUT2D eigenvalue weighted by atomic mass is 35.5. The third-order valence-corrected chi connectivity index (χ3v) is 10.1. The molecule has 4 rings (SSSR count). The summed E-state index contributed by atoms with van der Waals surface area (Å²) < 4.78 is 75.3. The molecule has 0 saturated heterocycles. The summed E-state index contributed by atoms with van der Waals surface area (Å²) in [7, 11) is -2.20. The molecule has 0 bridgehead atoms. The highest BCUT2D eigenvalue weighted by Crippen LogP contribution is 2.35. The zero-order chi connectivity index (χ0) is 32.7. The van der Waals surface area contributed by atoms with Crippen molar-refractivity contribution in [1.29, 1.82) is 0 Å². The van der Waals surface area contributed by atoms with Gasteiger partial charge in [0.25, 0.3) is 20.0 Å². The van der Waals surface area contributed by atoms with Gasteiger partial charge in [-0.1, -0.05) is 58.5 Å². The zero-order valence-corrected chi connectivity index (χ0v) is 28.2. The Labute approximate surface area is 275 Å². The lowest BCUT2D eigenvalue weighted by Gasteiger charge is -2.14. The fourth-order valence-electron chi connectivity index (χ4n) is 3.55. The van der Waals surface area contributed by atoms with E-state index in [0.29, 0.717) is 11.5 Å². The van der Waals surface area contributed by atoms with Gasteiger partial charge in [0.15, 0.2) is 0 Å². The Bertz CT molecular complexity index is 1720. The van der Waals surface area contributed by atoms with E-state index in [-0.39, 0.29) is 52.8 Å². The molecule has 236 valence electrons. The molecule has 0 aromatic heterocycles. The molecule has 0 saturated carbocycles. The monoisotopic (exact) mass is 722 g/mol. The van der Waals surface area contributed by atoms with Crippen LogP contribution in [0.3, 0.4) is 0 Å². The lowest BCUT2D eigenvalue weighted by atomic mass is 10.3. The van der Waals surface area contributed by atoms with Crippen LogP contribution >= 0.6 is 46.4 Å². The zero-order valence-electron chi connectivity index (χ0n) is 23.5. The van der Waals surface area contributed by atoms with E-state index < -0.39 is 20.0 Å². The van der Waals surface area contributed by atoms with Crippen LogP contribution in [0.1, 0.15) is 0 Å². The molecule has 44 heavy (non-hydrogen) atoms. The van der Waals surface area contributed by atoms with Crippen molar-refractivity contribution in [3.63, 3.8) is 0 Å². The van der Waals surface area contributed by atoms with Crippen LogP contribution in [-0.4, -0.2) is 45.3 Å². The van der Waals surface area contributed by atoms with E-state index in [0.717, 1.165) is 0 Å². The third kappa shape index (κ3) is 8.46. The first-order chi connectivity index (χ1) is 20.8. The Morgan fingerprint density at radius 2 is 0.886 bits per heavy atom. The van der Waals surface area contributed by atoms with Gasteiger partial charge in [0, 0.05) is 12.1 Å². The van der Waals surface area contributed by atoms with Gasteiger partial charge >= 0.3 is 0 Å². The van der Waals surface area contributed by atoms with Crippen LogP contribution in [0.5, 0.6) is 23.0 Å². The maximum Gasteiger partial charge on any atom is 0.265 e. The number of hydrogen-bond donors (Lipinski definition) is 2. The molecule has 16 heteroatoms. The van der Waals surface area contributed by atoms with Gasteiger partial charge in [0.2, 0.25) is 0 Å². The van der Waals surface area contributed by atoms with Gasteiger partial charge in [0.05, 0.1) is 59.9 Å². The molecule has 0 heterocycles. The largest absolute Gasteiger partial charge is 0.497 e. The molecule has 4 aromatic carbocycles. The minimum Gasteiger partial charge on any atom is -0.497 e. The van der Waals surface area contributed by atoms with E-state index in [1.54, 1.807) is 36.4 Å². The maximum atomic E-state index is 12.6. The van der Waals surface area contributed by atoms with Crippen LogP contribution < -0.4 is 28.4 Å². The summed E-state index contributed by atoms with van der Waals surface area (Å²) in [6.45, 7) is 0. The second kappa shape index (κ2) is 15.2. The number of nitrogens with one attached hydrogen (secondary N) is 2. The van der Waals surface area contributed by atoms with Crippen LogP contribution in [0, 0.1) is 0 Å². The molecule has 10 nitrogen and oxygen atoms in total. The van der Waals surface area contributed by atoms with Crippen molar-refractivity contribution < 1.29 is 35.8 Å². The summed E-state index contributed by atoms with van der Waals surface area (Å²) in [5, 5.41) is 0.739. The van der Waals surface area contributed by atoms with E-state index in [9.17, 15) is 16.8 Å². The predicted molar refractivity (Wildman–Crippen MR) is 174 cm³/mol. The standard InChI is InChI=1S/2C14H13Cl2NO4S/c2*1-20-9-6-7-12(21-2)13(8-9)22(18,19)17-11-5-3-4-10(15)14(11)16/h2*3-8,17H,1-2H3. The number of hydrogen-bond acceptors (Lipinski definition) is 8. The van der Waals surface area contributed by atoms with Crippen molar-refractivity contribution in [1.82, 2.24) is 0 Å². The topological polar surface area (TPSA) is 129 Å². The minimum absolute atomic E-state index is 0.0645. The van der Waals surface area contributed by atoms with E-state index in [4.69, 9.17) is 65.4 Å². The van der Waals surface area contributed by atoms with Crippen molar-refractivity contribution in [3.05, 3.63) is 92.9 Å². The Balaban J connectivity index is 0.000000240. The highest BCUT2D eigenvalue weighted by molar-refractivity contribution is 7.93. The van der Waals surface area contributed by atoms with Crippen molar-refractivity contribution in [3.8, 4) is 23.0 Å². The van der Waals surface area contributed by atoms with Gasteiger partial charge < -0.3 is 18.9 Å². The van der Waals surface area contributed by atoms with Crippen LogP contribution in [0.15, 0.2) is 82.6 Å². The first kappa shape index (κ1) is 35.2. The number of benzene rings is 4. The van der Waals surface area contributed by atoms with Crippen molar-refractivity contribution in [2.45, 2.75) is 9.79 Å². The Hall–Kier alpha value is -3.26. The molecular formula is C28H26Cl4N2O8S2. The van der Waals surface area contributed by atoms with Crippen LogP contribution in [0.25, 0.3) is 0 Å². The molecule has 0 fully saturated rings. The summed E-state index contributed by atoms with van der Waals surface area (Å²) in [4.78, 5) is -0.129. The minimum atomic E-state index is -3.93. The quantitative estimate of drug-likeness (QED) is 0.171. The summed E-state index contributed by atoms with van der Waals surface area (Å²) in [6.07, 6.45) is 0. The van der Waals surface area contributed by atoms with Gasteiger partial charge in [-0.2, -0.15) is 0 Å². The lowest BCUT2D eigenvalue weighted by Crippen LogP contribution is -2.14. The van der Waals surface area contributed by atoms with E-state index in [1.807, 2.05) is 0 Å². The van der Waals surface area contributed by atoms with E-state index in [1.165, 1.54) is 64.8 Å². The van der Waals surface area contributed by atoms with Crippen LogP contribution in [-0.2, 0) is 20.0 Å². The molecule has 0 aliphatic heterocycles. The second-order valence-electron chi connectivity index (χ2n) is 8.45. The van der Waals surface area contributed by atoms with Crippen molar-refractivity contribution in [2.24, 2.45) is 0 Å². The van der Waals surface area contributed by atoms with Gasteiger partial charge in [-0.05, 0) is 48.5 Å². The second-order valence-corrected chi connectivity index (χ2v) is 13.3. The van der Waals surface area contributed by atoms with Gasteiger partial charge in [-0.25, -0.2) is 16.8 Å². The van der Waals surface area contributed by atoms with E-state index >= 15 is 0 Å². The average molecular weight is 724 g/mol. The average Bonchev–Trinajstić information content (AvgIpc) is 3.01. The molecule has 0 radical (unpaired) electrons. The molecule has 0 spiro atoms. The molecular weight excluding hydrogens is 698 g/mol. The number of halogens is 4. The normalized spacial score (nSPS) is 11.1. The Morgan fingerprint density at radius 3 is 1.20 bits per heavy atom. The maximum absolute atomic E-state index is 12.6. The molecule has 0 aliphatic rings. The number of sulfonamides is 2. The number of rotatable bonds is 10. The fraction of sp³-hybridized carbons (Fsp3) is 0.143. The molecule has 2 N–H and O–H groups in total. The molecule has 0 amide bonds. The molecule has 0 atom stereocenters. The first-order valence-electron chi connectivity index (χ1n) is 12.2. The predicted octanol–water partition coefficient (Wildman–Crippen LogP) is 7.62. The van der Waals surface area contributed by atoms with Gasteiger partial charge in [0.1, 0.15) is 32.8 Å². The van der Waals surface area contributed by atoms with Crippen LogP contribution in [0.4, 0.5) is 11.4 Å². The highest BCUT2D eigenvalue weighted by Gasteiger charge is 2.23. The first-order valence-corrected chi connectivity index (χ1v) is 16.6. The van der Waals surface area contributed by atoms with Gasteiger partial charge in [-0.3, -0.25) is 9.44 Å². The summed E-state index contributed by atoms with van der Waals surface area (Å²) >= 11 is 23.8. The molecule has 4 aromatic rings. The summed E-state index contributed by atoms with van der Waals surface area (Å²) in [5.41, 5.74) is 0.359. The third-order valence-electron chi connectivity index (χ3n) is 5.71. The Kier molecular flexibility index (Phi) is 12.1. The molecule has 0 aliphatic carbocycles. The summed E-state index contributed by atoms with van der Waals surface area (Å²) in [5.74, 6) is 1.15. The van der Waals surface area contributed by atoms with E-state index in [2.05, 4.69) is 9.44 Å². The smallest absolute Gasteiger partial charge is 0.265 e. The molecule has 0 unspecified atom stereocenters. The number of methoxy groups -OCH3 is 4. The van der Waals surface area contributed by atoms with Crippen LogP contribution in [0.2, 0.25) is 20.1 Å². The van der Waals surface area contributed by atoms with Gasteiger partial charge in [-0.15, -0.1) is 0 Å². The number of ether oxygens (including phenoxy) is 4. The number of anilines is 2. The summed E-state index contributed by atoms with van der Waals surface area (Å²) in [6, 6.07) is 18.3. The van der Waals surface area contributed by atoms with Crippen molar-refractivity contribution >= 4 is 77.8 Å².